The van der Waals surface area contributed by atoms with Crippen LogP contribution in [0.3, 0.4) is 0 Å². The van der Waals surface area contributed by atoms with Crippen molar-refractivity contribution in [2.45, 2.75) is 6.42 Å². The van der Waals surface area contributed by atoms with Gasteiger partial charge in [0.25, 0.3) is 5.91 Å². The summed E-state index contributed by atoms with van der Waals surface area (Å²) < 4.78 is 0. The molecule has 3 nitrogen and oxygen atoms in total. The highest BCUT2D eigenvalue weighted by molar-refractivity contribution is 6.35. The topological polar surface area (TPSA) is 42.0 Å². The van der Waals surface area contributed by atoms with Crippen molar-refractivity contribution in [1.29, 1.82) is 0 Å². The molecule has 0 unspecified atom stereocenters. The summed E-state index contributed by atoms with van der Waals surface area (Å²) in [5.74, 6) is -0.245. The molecule has 0 aliphatic heterocycles. The molecule has 19 heavy (non-hydrogen) atoms. The average molecular weight is 295 g/mol. The Bertz CT molecular complexity index is 573. The molecular weight excluding hydrogens is 283 g/mol. The molecule has 1 aromatic carbocycles. The number of halogens is 2. The molecule has 0 saturated heterocycles. The van der Waals surface area contributed by atoms with Crippen LogP contribution >= 0.6 is 23.2 Å². The summed E-state index contributed by atoms with van der Waals surface area (Å²) in [4.78, 5) is 15.7. The van der Waals surface area contributed by atoms with E-state index in [9.17, 15) is 4.79 Å². The molecule has 0 aliphatic rings. The number of amides is 1. The van der Waals surface area contributed by atoms with Gasteiger partial charge in [-0.05, 0) is 18.1 Å². The summed E-state index contributed by atoms with van der Waals surface area (Å²) >= 11 is 11.6. The molecule has 1 heterocycles. The Morgan fingerprint density at radius 2 is 1.95 bits per heavy atom. The Labute approximate surface area is 121 Å². The summed E-state index contributed by atoms with van der Waals surface area (Å²) in [6.45, 7) is 0.541. The molecule has 0 bridgehead atoms. The Balaban J connectivity index is 1.93. The SMILES string of the molecule is O=C(NCCc1ccccc1)c1cc(Cl)ncc1Cl. The van der Waals surface area contributed by atoms with Crippen molar-refractivity contribution in [2.24, 2.45) is 0 Å². The zero-order valence-electron chi connectivity index (χ0n) is 10.1. The van der Waals surface area contributed by atoms with Crippen LogP contribution in [-0.2, 0) is 6.42 Å². The lowest BCUT2D eigenvalue weighted by atomic mass is 10.1. The highest BCUT2D eigenvalue weighted by Crippen LogP contribution is 2.17. The monoisotopic (exact) mass is 294 g/mol. The van der Waals surface area contributed by atoms with Crippen LogP contribution in [-0.4, -0.2) is 17.4 Å². The zero-order chi connectivity index (χ0) is 13.7. The molecule has 0 radical (unpaired) electrons. The van der Waals surface area contributed by atoms with Crippen molar-refractivity contribution in [3.8, 4) is 0 Å². The maximum atomic E-state index is 11.9. The largest absolute Gasteiger partial charge is 0.352 e. The number of nitrogens with one attached hydrogen (secondary N) is 1. The van der Waals surface area contributed by atoms with E-state index in [-0.39, 0.29) is 11.1 Å². The quantitative estimate of drug-likeness (QED) is 0.879. The van der Waals surface area contributed by atoms with E-state index in [4.69, 9.17) is 23.2 Å². The predicted octanol–water partition coefficient (Wildman–Crippen LogP) is 3.36. The van der Waals surface area contributed by atoms with E-state index in [0.29, 0.717) is 17.1 Å². The van der Waals surface area contributed by atoms with E-state index >= 15 is 0 Å². The van der Waals surface area contributed by atoms with Gasteiger partial charge in [-0.15, -0.1) is 0 Å². The molecule has 1 N–H and O–H groups in total. The van der Waals surface area contributed by atoms with Gasteiger partial charge in [0.1, 0.15) is 5.15 Å². The molecule has 0 atom stereocenters. The van der Waals surface area contributed by atoms with Crippen LogP contribution in [0.2, 0.25) is 10.2 Å². The lowest BCUT2D eigenvalue weighted by molar-refractivity contribution is 0.0954. The summed E-state index contributed by atoms with van der Waals surface area (Å²) in [5, 5.41) is 3.35. The highest BCUT2D eigenvalue weighted by Gasteiger charge is 2.10. The second-order valence-corrected chi connectivity index (χ2v) is 4.77. The molecular formula is C14H12Cl2N2O. The van der Waals surface area contributed by atoms with Crippen LogP contribution in [0.15, 0.2) is 42.6 Å². The van der Waals surface area contributed by atoms with Crippen molar-refractivity contribution in [2.75, 3.05) is 6.54 Å². The molecule has 0 aliphatic carbocycles. The minimum atomic E-state index is -0.245. The van der Waals surface area contributed by atoms with E-state index in [1.165, 1.54) is 17.8 Å². The Morgan fingerprint density at radius 3 is 2.68 bits per heavy atom. The first-order chi connectivity index (χ1) is 9.16. The summed E-state index contributed by atoms with van der Waals surface area (Å²) in [6, 6.07) is 11.4. The second kappa shape index (κ2) is 6.55. The Kier molecular flexibility index (Phi) is 4.77. The molecule has 0 fully saturated rings. The zero-order valence-corrected chi connectivity index (χ0v) is 11.6. The summed E-state index contributed by atoms with van der Waals surface area (Å²) in [6.07, 6.45) is 2.14. The number of carbonyl (C=O) groups is 1. The van der Waals surface area contributed by atoms with Crippen molar-refractivity contribution >= 4 is 29.1 Å². The maximum absolute atomic E-state index is 11.9. The number of benzene rings is 1. The number of aromatic nitrogens is 1. The summed E-state index contributed by atoms with van der Waals surface area (Å²) in [5.41, 5.74) is 1.51. The maximum Gasteiger partial charge on any atom is 0.252 e. The molecule has 1 aromatic heterocycles. The van der Waals surface area contributed by atoms with Crippen molar-refractivity contribution < 1.29 is 4.79 Å². The fourth-order valence-electron chi connectivity index (χ4n) is 1.65. The van der Waals surface area contributed by atoms with Gasteiger partial charge in [0.2, 0.25) is 0 Å². The molecule has 0 saturated carbocycles. The lowest BCUT2D eigenvalue weighted by Crippen LogP contribution is -2.26. The third-order valence-corrected chi connectivity index (χ3v) is 3.12. The van der Waals surface area contributed by atoms with Gasteiger partial charge in [-0.25, -0.2) is 4.98 Å². The first-order valence-electron chi connectivity index (χ1n) is 5.80. The van der Waals surface area contributed by atoms with Gasteiger partial charge >= 0.3 is 0 Å². The van der Waals surface area contributed by atoms with Crippen LogP contribution < -0.4 is 5.32 Å². The van der Waals surface area contributed by atoms with Gasteiger partial charge < -0.3 is 5.32 Å². The number of carbonyl (C=O) groups excluding carboxylic acids is 1. The van der Waals surface area contributed by atoms with Crippen molar-refractivity contribution in [3.63, 3.8) is 0 Å². The van der Waals surface area contributed by atoms with Crippen LogP contribution in [0.5, 0.6) is 0 Å². The number of hydrogen-bond acceptors (Lipinski definition) is 2. The third kappa shape index (κ3) is 3.94. The van der Waals surface area contributed by atoms with E-state index in [0.717, 1.165) is 6.42 Å². The predicted molar refractivity (Wildman–Crippen MR) is 76.7 cm³/mol. The Morgan fingerprint density at radius 1 is 1.21 bits per heavy atom. The van der Waals surface area contributed by atoms with Gasteiger partial charge in [-0.1, -0.05) is 53.5 Å². The number of nitrogens with zero attached hydrogens (tertiary/aromatic N) is 1. The Hall–Kier alpha value is -1.58. The highest BCUT2D eigenvalue weighted by atomic mass is 35.5. The van der Waals surface area contributed by atoms with Gasteiger partial charge in [0.05, 0.1) is 10.6 Å². The number of rotatable bonds is 4. The van der Waals surface area contributed by atoms with Gasteiger partial charge in [-0.3, -0.25) is 4.79 Å². The molecule has 2 aromatic rings. The van der Waals surface area contributed by atoms with Crippen LogP contribution in [0.4, 0.5) is 0 Å². The van der Waals surface area contributed by atoms with Gasteiger partial charge in [0, 0.05) is 12.7 Å². The first kappa shape index (κ1) is 13.8. The minimum Gasteiger partial charge on any atom is -0.352 e. The molecule has 0 spiro atoms. The van der Waals surface area contributed by atoms with Crippen LogP contribution in [0, 0.1) is 0 Å². The van der Waals surface area contributed by atoms with E-state index in [1.54, 1.807) is 0 Å². The first-order valence-corrected chi connectivity index (χ1v) is 6.55. The minimum absolute atomic E-state index is 0.245. The van der Waals surface area contributed by atoms with Crippen LogP contribution in [0.25, 0.3) is 0 Å². The molecule has 98 valence electrons. The normalized spacial score (nSPS) is 10.2. The molecule has 1 amide bonds. The lowest BCUT2D eigenvalue weighted by Gasteiger charge is -2.07. The molecule has 2 rings (SSSR count). The molecule has 5 heteroatoms. The summed E-state index contributed by atoms with van der Waals surface area (Å²) in [7, 11) is 0. The van der Waals surface area contributed by atoms with E-state index in [2.05, 4.69) is 10.3 Å². The van der Waals surface area contributed by atoms with Crippen LogP contribution in [0.1, 0.15) is 15.9 Å². The standard InChI is InChI=1S/C14H12Cl2N2O/c15-12-9-18-13(16)8-11(12)14(19)17-7-6-10-4-2-1-3-5-10/h1-5,8-9H,6-7H2,(H,17,19). The van der Waals surface area contributed by atoms with Crippen molar-refractivity contribution in [3.05, 3.63) is 63.9 Å². The smallest absolute Gasteiger partial charge is 0.252 e. The third-order valence-electron chi connectivity index (χ3n) is 2.61. The average Bonchev–Trinajstić information content (AvgIpc) is 2.42. The second-order valence-electron chi connectivity index (χ2n) is 3.98. The fourth-order valence-corrected chi connectivity index (χ4v) is 1.99. The van der Waals surface area contributed by atoms with E-state index in [1.807, 2.05) is 30.3 Å². The van der Waals surface area contributed by atoms with Gasteiger partial charge in [-0.2, -0.15) is 0 Å². The fraction of sp³-hybridized carbons (Fsp3) is 0.143. The number of pyridine rings is 1. The van der Waals surface area contributed by atoms with Gasteiger partial charge in [0.15, 0.2) is 0 Å². The van der Waals surface area contributed by atoms with E-state index < -0.39 is 0 Å². The number of hydrogen-bond donors (Lipinski definition) is 1. The van der Waals surface area contributed by atoms with Crippen molar-refractivity contribution in [1.82, 2.24) is 10.3 Å².